The predicted octanol–water partition coefficient (Wildman–Crippen LogP) is 2.39. The van der Waals surface area contributed by atoms with E-state index in [0.29, 0.717) is 0 Å². The molecule has 0 aliphatic rings. The number of hydrogen-bond acceptors (Lipinski definition) is 3. The van der Waals surface area contributed by atoms with Crippen LogP contribution in [-0.4, -0.2) is 13.2 Å². The van der Waals surface area contributed by atoms with Crippen LogP contribution < -0.4 is 5.32 Å². The zero-order valence-corrected chi connectivity index (χ0v) is 8.48. The molecule has 13 heavy (non-hydrogen) atoms. The van der Waals surface area contributed by atoms with Crippen LogP contribution in [0.1, 0.15) is 12.0 Å². The van der Waals surface area contributed by atoms with Crippen molar-refractivity contribution in [2.45, 2.75) is 13.0 Å². The average molecular weight is 197 g/mol. The van der Waals surface area contributed by atoms with E-state index >= 15 is 0 Å². The van der Waals surface area contributed by atoms with Crippen LogP contribution >= 0.6 is 11.3 Å². The molecule has 1 aromatic heterocycles. The van der Waals surface area contributed by atoms with Gasteiger partial charge in [-0.1, -0.05) is 6.58 Å². The Labute approximate surface area is 83.2 Å². The molecule has 0 bridgehead atoms. The van der Waals surface area contributed by atoms with E-state index < -0.39 is 0 Å². The molecule has 1 heterocycles. The third kappa shape index (κ3) is 4.70. The molecule has 0 amide bonds. The summed E-state index contributed by atoms with van der Waals surface area (Å²) in [4.78, 5) is 0. The fraction of sp³-hybridized carbons (Fsp3) is 0.400. The van der Waals surface area contributed by atoms with Crippen molar-refractivity contribution in [1.82, 2.24) is 5.32 Å². The van der Waals surface area contributed by atoms with Gasteiger partial charge in [-0.25, -0.2) is 0 Å². The van der Waals surface area contributed by atoms with Crippen LogP contribution in [0.15, 0.2) is 29.7 Å². The Hall–Kier alpha value is -0.800. The molecule has 0 fully saturated rings. The topological polar surface area (TPSA) is 21.3 Å². The van der Waals surface area contributed by atoms with Crippen LogP contribution in [0.4, 0.5) is 0 Å². The minimum Gasteiger partial charge on any atom is -0.502 e. The summed E-state index contributed by atoms with van der Waals surface area (Å²) < 4.78 is 5.00. The fourth-order valence-corrected chi connectivity index (χ4v) is 1.66. The first-order valence-electron chi connectivity index (χ1n) is 4.38. The van der Waals surface area contributed by atoms with Gasteiger partial charge in [0.1, 0.15) is 0 Å². The second-order valence-corrected chi connectivity index (χ2v) is 3.48. The van der Waals surface area contributed by atoms with E-state index in [1.807, 2.05) is 0 Å². The first-order valence-corrected chi connectivity index (χ1v) is 5.32. The van der Waals surface area contributed by atoms with Crippen molar-refractivity contribution in [3.63, 3.8) is 0 Å². The molecule has 0 atom stereocenters. The molecule has 0 saturated heterocycles. The summed E-state index contributed by atoms with van der Waals surface area (Å²) in [7, 11) is 0. The van der Waals surface area contributed by atoms with Gasteiger partial charge in [0.2, 0.25) is 0 Å². The molecule has 0 spiro atoms. The van der Waals surface area contributed by atoms with Crippen LogP contribution in [0.2, 0.25) is 0 Å². The lowest BCUT2D eigenvalue weighted by atomic mass is 10.3. The molecule has 2 nitrogen and oxygen atoms in total. The third-order valence-corrected chi connectivity index (χ3v) is 2.37. The minimum atomic E-state index is 0.750. The summed E-state index contributed by atoms with van der Waals surface area (Å²) in [6.45, 7) is 6.17. The second kappa shape index (κ2) is 6.69. The molecule has 0 unspecified atom stereocenters. The SMILES string of the molecule is C=COCCCNCc1ccsc1. The molecule has 0 aliphatic heterocycles. The Kier molecular flexibility index (Phi) is 5.29. The molecular weight excluding hydrogens is 182 g/mol. The normalized spacial score (nSPS) is 9.85. The van der Waals surface area contributed by atoms with Crippen molar-refractivity contribution < 1.29 is 4.74 Å². The molecule has 0 radical (unpaired) electrons. The van der Waals surface area contributed by atoms with Gasteiger partial charge in [0.25, 0.3) is 0 Å². The van der Waals surface area contributed by atoms with E-state index in [0.717, 1.165) is 26.1 Å². The predicted molar refractivity (Wildman–Crippen MR) is 56.8 cm³/mol. The van der Waals surface area contributed by atoms with Gasteiger partial charge in [0.15, 0.2) is 0 Å². The van der Waals surface area contributed by atoms with Gasteiger partial charge in [-0.2, -0.15) is 11.3 Å². The number of nitrogens with one attached hydrogen (secondary N) is 1. The van der Waals surface area contributed by atoms with E-state index in [-0.39, 0.29) is 0 Å². The van der Waals surface area contributed by atoms with Gasteiger partial charge < -0.3 is 10.1 Å². The molecule has 0 aromatic carbocycles. The molecule has 0 saturated carbocycles. The quantitative estimate of drug-likeness (QED) is 0.535. The average Bonchev–Trinajstić information content (AvgIpc) is 2.63. The zero-order valence-electron chi connectivity index (χ0n) is 7.66. The third-order valence-electron chi connectivity index (χ3n) is 1.64. The minimum absolute atomic E-state index is 0.750. The Morgan fingerprint density at radius 2 is 2.54 bits per heavy atom. The smallest absolute Gasteiger partial charge is 0.0885 e. The Bertz CT molecular complexity index is 221. The Balaban J connectivity index is 1.93. The van der Waals surface area contributed by atoms with Gasteiger partial charge >= 0.3 is 0 Å². The van der Waals surface area contributed by atoms with Crippen molar-refractivity contribution in [3.8, 4) is 0 Å². The maximum Gasteiger partial charge on any atom is 0.0885 e. The highest BCUT2D eigenvalue weighted by Gasteiger charge is 1.91. The summed E-state index contributed by atoms with van der Waals surface area (Å²) in [6.07, 6.45) is 2.51. The van der Waals surface area contributed by atoms with Gasteiger partial charge in [-0.15, -0.1) is 0 Å². The van der Waals surface area contributed by atoms with Crippen molar-refractivity contribution in [2.75, 3.05) is 13.2 Å². The fourth-order valence-electron chi connectivity index (χ4n) is 0.990. The number of hydrogen-bond donors (Lipinski definition) is 1. The standard InChI is InChI=1S/C10H15NOS/c1-2-12-6-3-5-11-8-10-4-7-13-9-10/h2,4,7,9,11H,1,3,5-6,8H2. The van der Waals surface area contributed by atoms with Crippen LogP contribution in [0.3, 0.4) is 0 Å². The van der Waals surface area contributed by atoms with E-state index in [4.69, 9.17) is 4.74 Å². The van der Waals surface area contributed by atoms with Gasteiger partial charge in [-0.3, -0.25) is 0 Å². The molecule has 72 valence electrons. The van der Waals surface area contributed by atoms with E-state index in [2.05, 4.69) is 28.7 Å². The highest BCUT2D eigenvalue weighted by atomic mass is 32.1. The Morgan fingerprint density at radius 1 is 1.62 bits per heavy atom. The lowest BCUT2D eigenvalue weighted by Gasteiger charge is -2.02. The molecule has 1 N–H and O–H groups in total. The summed E-state index contributed by atoms with van der Waals surface area (Å²) in [6, 6.07) is 2.14. The highest BCUT2D eigenvalue weighted by molar-refractivity contribution is 7.07. The van der Waals surface area contributed by atoms with Gasteiger partial charge in [0, 0.05) is 6.54 Å². The number of ether oxygens (including phenoxy) is 1. The zero-order chi connectivity index (χ0) is 9.36. The molecule has 1 aromatic rings. The largest absolute Gasteiger partial charge is 0.502 e. The van der Waals surface area contributed by atoms with E-state index in [9.17, 15) is 0 Å². The first kappa shape index (κ1) is 10.3. The van der Waals surface area contributed by atoms with Crippen molar-refractivity contribution in [1.29, 1.82) is 0 Å². The van der Waals surface area contributed by atoms with Gasteiger partial charge in [-0.05, 0) is 35.4 Å². The molecule has 1 rings (SSSR count). The highest BCUT2D eigenvalue weighted by Crippen LogP contribution is 2.04. The van der Waals surface area contributed by atoms with Crippen LogP contribution in [0, 0.1) is 0 Å². The maximum absolute atomic E-state index is 5.00. The lowest BCUT2D eigenvalue weighted by molar-refractivity contribution is 0.244. The molecule has 3 heteroatoms. The first-order chi connectivity index (χ1) is 6.43. The van der Waals surface area contributed by atoms with Gasteiger partial charge in [0.05, 0.1) is 12.9 Å². The lowest BCUT2D eigenvalue weighted by Crippen LogP contribution is -2.15. The number of rotatable bonds is 7. The maximum atomic E-state index is 5.00. The van der Waals surface area contributed by atoms with E-state index in [1.165, 1.54) is 11.8 Å². The molecular formula is C10H15NOS. The van der Waals surface area contributed by atoms with Crippen LogP contribution in [0.5, 0.6) is 0 Å². The monoisotopic (exact) mass is 197 g/mol. The van der Waals surface area contributed by atoms with E-state index in [1.54, 1.807) is 11.3 Å². The van der Waals surface area contributed by atoms with Crippen LogP contribution in [-0.2, 0) is 11.3 Å². The van der Waals surface area contributed by atoms with Crippen molar-refractivity contribution >= 4 is 11.3 Å². The molecule has 0 aliphatic carbocycles. The van der Waals surface area contributed by atoms with Crippen molar-refractivity contribution in [2.24, 2.45) is 0 Å². The summed E-state index contributed by atoms with van der Waals surface area (Å²) in [5.74, 6) is 0. The number of thiophene rings is 1. The summed E-state index contributed by atoms with van der Waals surface area (Å²) >= 11 is 1.73. The second-order valence-electron chi connectivity index (χ2n) is 2.70. The Morgan fingerprint density at radius 3 is 3.23 bits per heavy atom. The van der Waals surface area contributed by atoms with Crippen molar-refractivity contribution in [3.05, 3.63) is 35.2 Å². The summed E-state index contributed by atoms with van der Waals surface area (Å²) in [5, 5.41) is 7.59. The summed E-state index contributed by atoms with van der Waals surface area (Å²) in [5.41, 5.74) is 1.36. The van der Waals surface area contributed by atoms with Crippen LogP contribution in [0.25, 0.3) is 0 Å².